The number of sulfonamides is 3. The fraction of sp³-hybridized carbons (Fsp3) is 0.115. The lowest BCUT2D eigenvalue weighted by Gasteiger charge is -2.33. The van der Waals surface area contributed by atoms with E-state index in [1.165, 1.54) is 12.9 Å². The van der Waals surface area contributed by atoms with Gasteiger partial charge in [0.05, 0.1) is 51.4 Å². The Bertz CT molecular complexity index is 3340. The number of aryl methyl sites for hydroxylation is 3. The third-order valence-corrected chi connectivity index (χ3v) is 18.9. The van der Waals surface area contributed by atoms with E-state index in [0.717, 1.165) is 33.4 Å². The van der Waals surface area contributed by atoms with Crippen molar-refractivity contribution in [3.05, 3.63) is 287 Å². The quantitative estimate of drug-likeness (QED) is 0.0625. The van der Waals surface area contributed by atoms with Gasteiger partial charge in [0.2, 0.25) is 0 Å². The first-order valence-corrected chi connectivity index (χ1v) is 28.6. The number of anilines is 3. The SMILES string of the molecule is Cc1ccc(S(=O)(=O)N(Cc2ccccc2)c2cccc(C(Cl)(c3cccc(N(Cc4ccccc4)S(=O)(=O)c4ccc(C)cc4)c3)c3cccc(N(Cc4ccccc4)S(=O)(=O)c4ccc(C)cc4)c3)c2)cc1. The lowest BCUT2D eigenvalue weighted by Crippen LogP contribution is -2.32. The van der Waals surface area contributed by atoms with Gasteiger partial charge in [0.1, 0.15) is 4.87 Å². The zero-order valence-corrected chi connectivity index (χ0v) is 44.2. The van der Waals surface area contributed by atoms with E-state index in [1.54, 1.807) is 146 Å². The van der Waals surface area contributed by atoms with Crippen molar-refractivity contribution in [3.63, 3.8) is 0 Å². The van der Waals surface area contributed by atoms with Crippen molar-refractivity contribution < 1.29 is 25.3 Å². The summed E-state index contributed by atoms with van der Waals surface area (Å²) in [5.74, 6) is 0. The lowest BCUT2D eigenvalue weighted by atomic mass is 9.83. The average Bonchev–Trinajstić information content (AvgIpc) is 3.42. The van der Waals surface area contributed by atoms with Crippen LogP contribution in [0.15, 0.2) is 251 Å². The molecule has 0 saturated carbocycles. The van der Waals surface area contributed by atoms with E-state index in [9.17, 15) is 25.3 Å². The van der Waals surface area contributed by atoms with Crippen LogP contribution in [-0.4, -0.2) is 25.3 Å². The normalized spacial score (nSPS) is 12.0. The van der Waals surface area contributed by atoms with Crippen molar-refractivity contribution >= 4 is 58.7 Å². The summed E-state index contributed by atoms with van der Waals surface area (Å²) >= 11 is 8.37. The van der Waals surface area contributed by atoms with Gasteiger partial charge in [-0.05, 0) is 127 Å². The molecule has 0 N–H and O–H groups in total. The molecule has 0 bridgehead atoms. The molecule has 0 heterocycles. The van der Waals surface area contributed by atoms with Crippen molar-refractivity contribution in [2.45, 2.75) is 60.0 Å². The molecule has 9 aromatic rings. The standard InChI is InChI=1S/C61H54ClN3O6S3/c1-46-28-34-58(35-29-46)72(66,67)63(43-49-16-7-4-8-17-49)55-25-13-22-52(40-55)61(62,53-23-14-26-56(41-53)64(44-50-18-9-5-10-19-50)73(68,69)59-36-30-47(2)31-37-59)54-24-15-27-57(42-54)65(45-51-20-11-6-12-21-51)74(70,71)60-38-32-48(3)33-39-60/h4-42H,43-45H2,1-3H3. The molecule has 374 valence electrons. The van der Waals surface area contributed by atoms with Gasteiger partial charge < -0.3 is 0 Å². The Balaban J connectivity index is 1.27. The van der Waals surface area contributed by atoms with Gasteiger partial charge in [0.25, 0.3) is 30.1 Å². The average molecular weight is 1060 g/mol. The third kappa shape index (κ3) is 10.9. The third-order valence-electron chi connectivity index (χ3n) is 12.9. The second kappa shape index (κ2) is 21.5. The number of hydrogen-bond acceptors (Lipinski definition) is 6. The summed E-state index contributed by atoms with van der Waals surface area (Å²) in [6, 6.07) is 69.0. The van der Waals surface area contributed by atoms with Gasteiger partial charge in [-0.1, -0.05) is 180 Å². The van der Waals surface area contributed by atoms with Crippen molar-refractivity contribution in [2.24, 2.45) is 0 Å². The Labute approximate surface area is 440 Å². The first-order chi connectivity index (χ1) is 35.5. The van der Waals surface area contributed by atoms with Crippen molar-refractivity contribution in [2.75, 3.05) is 12.9 Å². The highest BCUT2D eigenvalue weighted by molar-refractivity contribution is 7.93. The zero-order valence-electron chi connectivity index (χ0n) is 41.0. The molecular weight excluding hydrogens is 1000 g/mol. The summed E-state index contributed by atoms with van der Waals surface area (Å²) < 4.78 is 93.6. The number of alkyl halides is 1. The molecule has 0 amide bonds. The molecular formula is C61H54ClN3O6S3. The summed E-state index contributed by atoms with van der Waals surface area (Å²) in [4.78, 5) is -1.43. The van der Waals surface area contributed by atoms with Gasteiger partial charge >= 0.3 is 0 Å². The molecule has 9 rings (SSSR count). The van der Waals surface area contributed by atoms with Crippen LogP contribution in [0.2, 0.25) is 0 Å². The molecule has 0 fully saturated rings. The highest BCUT2D eigenvalue weighted by Crippen LogP contribution is 2.47. The zero-order chi connectivity index (χ0) is 52.1. The van der Waals surface area contributed by atoms with Gasteiger partial charge in [0, 0.05) is 0 Å². The van der Waals surface area contributed by atoms with Crippen LogP contribution in [0.4, 0.5) is 17.1 Å². The predicted molar refractivity (Wildman–Crippen MR) is 298 cm³/mol. The fourth-order valence-electron chi connectivity index (χ4n) is 8.83. The van der Waals surface area contributed by atoms with Crippen LogP contribution < -0.4 is 12.9 Å². The Kier molecular flexibility index (Phi) is 15.0. The van der Waals surface area contributed by atoms with Gasteiger partial charge in [-0.15, -0.1) is 11.6 Å². The Morgan fingerprint density at radius 2 is 0.568 bits per heavy atom. The maximum Gasteiger partial charge on any atom is 0.264 e. The van der Waals surface area contributed by atoms with E-state index in [-0.39, 0.29) is 34.3 Å². The topological polar surface area (TPSA) is 112 Å². The Morgan fingerprint density at radius 3 is 0.811 bits per heavy atom. The van der Waals surface area contributed by atoms with Crippen LogP contribution in [0, 0.1) is 20.8 Å². The molecule has 0 radical (unpaired) electrons. The lowest BCUT2D eigenvalue weighted by molar-refractivity contribution is 0.589. The molecule has 0 aliphatic heterocycles. The summed E-state index contributed by atoms with van der Waals surface area (Å²) in [5, 5.41) is 0. The summed E-state index contributed by atoms with van der Waals surface area (Å²) in [5.41, 5.74) is 7.15. The maximum absolute atomic E-state index is 14.9. The first-order valence-electron chi connectivity index (χ1n) is 23.9. The van der Waals surface area contributed by atoms with Crippen LogP contribution in [0.1, 0.15) is 50.1 Å². The second-order valence-corrected chi connectivity index (χ2v) is 24.4. The molecule has 0 aromatic heterocycles. The Hall–Kier alpha value is -7.48. The molecule has 0 saturated heterocycles. The molecule has 74 heavy (non-hydrogen) atoms. The minimum atomic E-state index is -4.20. The minimum absolute atomic E-state index is 0.0165. The molecule has 13 heteroatoms. The monoisotopic (exact) mass is 1060 g/mol. The van der Waals surface area contributed by atoms with Gasteiger partial charge in [-0.2, -0.15) is 0 Å². The van der Waals surface area contributed by atoms with E-state index in [2.05, 4.69) is 0 Å². The molecule has 9 nitrogen and oxygen atoms in total. The predicted octanol–water partition coefficient (Wildman–Crippen LogP) is 13.3. The molecule has 0 atom stereocenters. The number of rotatable bonds is 18. The van der Waals surface area contributed by atoms with Crippen LogP contribution in [0.5, 0.6) is 0 Å². The minimum Gasteiger partial charge on any atom is -0.262 e. The number of nitrogens with zero attached hydrogens (tertiary/aromatic N) is 3. The van der Waals surface area contributed by atoms with E-state index in [0.29, 0.717) is 33.8 Å². The highest BCUT2D eigenvalue weighted by atomic mass is 35.5. The Morgan fingerprint density at radius 1 is 0.324 bits per heavy atom. The number of halogens is 1. The summed E-state index contributed by atoms with van der Waals surface area (Å²) in [7, 11) is -12.6. The highest BCUT2D eigenvalue weighted by Gasteiger charge is 2.38. The molecule has 0 spiro atoms. The first kappa shape index (κ1) is 51.4. The molecule has 0 aliphatic carbocycles. The van der Waals surface area contributed by atoms with Crippen LogP contribution >= 0.6 is 11.6 Å². The van der Waals surface area contributed by atoms with Crippen molar-refractivity contribution in [3.8, 4) is 0 Å². The van der Waals surface area contributed by atoms with Crippen molar-refractivity contribution in [1.29, 1.82) is 0 Å². The number of benzene rings is 9. The van der Waals surface area contributed by atoms with E-state index < -0.39 is 34.9 Å². The maximum atomic E-state index is 14.9. The molecule has 9 aromatic carbocycles. The van der Waals surface area contributed by atoms with E-state index in [4.69, 9.17) is 11.6 Å². The largest absolute Gasteiger partial charge is 0.264 e. The van der Waals surface area contributed by atoms with Crippen LogP contribution in [0.3, 0.4) is 0 Å². The summed E-state index contributed by atoms with van der Waals surface area (Å²) in [6.07, 6.45) is 0. The smallest absolute Gasteiger partial charge is 0.262 e. The van der Waals surface area contributed by atoms with Gasteiger partial charge in [0.15, 0.2) is 0 Å². The van der Waals surface area contributed by atoms with E-state index >= 15 is 0 Å². The van der Waals surface area contributed by atoms with Crippen LogP contribution in [0.25, 0.3) is 0 Å². The summed E-state index contributed by atoms with van der Waals surface area (Å²) in [6.45, 7) is 5.63. The van der Waals surface area contributed by atoms with E-state index in [1.807, 2.05) is 112 Å². The molecule has 0 aliphatic rings. The van der Waals surface area contributed by atoms with Crippen molar-refractivity contribution in [1.82, 2.24) is 0 Å². The molecule has 0 unspecified atom stereocenters. The number of hydrogen-bond donors (Lipinski definition) is 0. The van der Waals surface area contributed by atoms with Crippen LogP contribution in [-0.2, 0) is 54.6 Å². The van der Waals surface area contributed by atoms with Gasteiger partial charge in [-0.3, -0.25) is 12.9 Å². The fourth-order valence-corrected chi connectivity index (χ4v) is 13.5. The second-order valence-electron chi connectivity index (χ2n) is 18.2. The van der Waals surface area contributed by atoms with Gasteiger partial charge in [-0.25, -0.2) is 25.3 Å².